The lowest BCUT2D eigenvalue weighted by Crippen LogP contribution is -2.30. The normalized spacial score (nSPS) is 11.0. The summed E-state index contributed by atoms with van der Waals surface area (Å²) in [6.45, 7) is 1.75. The topological polar surface area (TPSA) is 90.4 Å². The van der Waals surface area contributed by atoms with Crippen LogP contribution in [0.3, 0.4) is 0 Å². The first-order valence-corrected chi connectivity index (χ1v) is 9.56. The van der Waals surface area contributed by atoms with Gasteiger partial charge in [-0.05, 0) is 29.8 Å². The van der Waals surface area contributed by atoms with Gasteiger partial charge in [0.1, 0.15) is 17.1 Å². The van der Waals surface area contributed by atoms with Crippen LogP contribution in [0.2, 0.25) is 0 Å². The zero-order valence-corrected chi connectivity index (χ0v) is 17.9. The molecule has 0 radical (unpaired) electrons. The number of carbonyl (C=O) groups is 1. The highest BCUT2D eigenvalue weighted by molar-refractivity contribution is 5.94. The Morgan fingerprint density at radius 1 is 1.07 bits per heavy atom. The molecule has 0 heterocycles. The highest BCUT2D eigenvalue weighted by atomic mass is 16.5. The Morgan fingerprint density at radius 2 is 1.90 bits per heavy atom. The van der Waals surface area contributed by atoms with Crippen molar-refractivity contribution in [3.8, 4) is 11.5 Å². The van der Waals surface area contributed by atoms with Gasteiger partial charge in [0.25, 0.3) is 0 Å². The zero-order chi connectivity index (χ0) is 21.8. The smallest absolute Gasteiger partial charge is 0.341 e. The standard InChI is InChI=1S/C22H29N3O5/c1-23-22(25-17-7-5-8-18(14-17)30-12-6-11-27-2)24-15-16-9-10-19(21(26)29-4)20(13-16)28-3/h5,7-10,13-14H,6,11-12,15H2,1-4H3,(H2,23,24,25). The fourth-order valence-electron chi connectivity index (χ4n) is 2.68. The zero-order valence-electron chi connectivity index (χ0n) is 17.9. The predicted molar refractivity (Wildman–Crippen MR) is 117 cm³/mol. The maximum Gasteiger partial charge on any atom is 0.341 e. The number of ether oxygens (including phenoxy) is 4. The molecule has 0 aliphatic rings. The van der Waals surface area contributed by atoms with Gasteiger partial charge in [-0.2, -0.15) is 0 Å². The molecule has 0 unspecified atom stereocenters. The molecule has 8 heteroatoms. The fraction of sp³-hybridized carbons (Fsp3) is 0.364. The molecular formula is C22H29N3O5. The first-order valence-electron chi connectivity index (χ1n) is 9.56. The number of aliphatic imine (C=N–C) groups is 1. The van der Waals surface area contributed by atoms with Crippen molar-refractivity contribution in [1.29, 1.82) is 0 Å². The summed E-state index contributed by atoms with van der Waals surface area (Å²) < 4.78 is 20.8. The van der Waals surface area contributed by atoms with Crippen LogP contribution in [0.5, 0.6) is 11.5 Å². The van der Waals surface area contributed by atoms with E-state index in [0.717, 1.165) is 23.4 Å². The first kappa shape index (κ1) is 23.0. The van der Waals surface area contributed by atoms with Gasteiger partial charge in [0.15, 0.2) is 5.96 Å². The average Bonchev–Trinajstić information content (AvgIpc) is 2.79. The molecule has 0 atom stereocenters. The molecule has 2 aromatic rings. The summed E-state index contributed by atoms with van der Waals surface area (Å²) >= 11 is 0. The number of carbonyl (C=O) groups excluding carboxylic acids is 1. The van der Waals surface area contributed by atoms with E-state index in [9.17, 15) is 4.79 Å². The number of methoxy groups -OCH3 is 3. The van der Waals surface area contributed by atoms with Gasteiger partial charge in [-0.3, -0.25) is 4.99 Å². The number of esters is 1. The lowest BCUT2D eigenvalue weighted by atomic mass is 10.1. The Kier molecular flexibility index (Phi) is 9.47. The quantitative estimate of drug-likeness (QED) is 0.267. The van der Waals surface area contributed by atoms with E-state index < -0.39 is 5.97 Å². The largest absolute Gasteiger partial charge is 0.496 e. The molecule has 0 saturated carbocycles. The summed E-state index contributed by atoms with van der Waals surface area (Å²) in [4.78, 5) is 16.0. The van der Waals surface area contributed by atoms with Crippen LogP contribution in [-0.4, -0.2) is 53.5 Å². The molecule has 0 saturated heterocycles. The summed E-state index contributed by atoms with van der Waals surface area (Å²) in [5.41, 5.74) is 2.16. The van der Waals surface area contributed by atoms with E-state index >= 15 is 0 Å². The summed E-state index contributed by atoms with van der Waals surface area (Å²) in [5, 5.41) is 6.47. The van der Waals surface area contributed by atoms with Gasteiger partial charge >= 0.3 is 5.97 Å². The van der Waals surface area contributed by atoms with Gasteiger partial charge < -0.3 is 29.6 Å². The molecule has 0 aliphatic carbocycles. The highest BCUT2D eigenvalue weighted by Gasteiger charge is 2.13. The molecule has 8 nitrogen and oxygen atoms in total. The molecular weight excluding hydrogens is 386 g/mol. The summed E-state index contributed by atoms with van der Waals surface area (Å²) in [6.07, 6.45) is 0.829. The number of nitrogens with one attached hydrogen (secondary N) is 2. The molecule has 0 fully saturated rings. The third-order valence-electron chi connectivity index (χ3n) is 4.21. The second kappa shape index (κ2) is 12.3. The Labute approximate surface area is 177 Å². The van der Waals surface area contributed by atoms with Gasteiger partial charge in [-0.25, -0.2) is 4.79 Å². The highest BCUT2D eigenvalue weighted by Crippen LogP contribution is 2.21. The molecule has 0 spiro atoms. The maximum atomic E-state index is 11.8. The van der Waals surface area contributed by atoms with Gasteiger partial charge in [0.2, 0.25) is 0 Å². The molecule has 0 aromatic heterocycles. The number of hydrogen-bond donors (Lipinski definition) is 2. The molecule has 0 bridgehead atoms. The summed E-state index contributed by atoms with van der Waals surface area (Å²) in [5.74, 6) is 1.40. The number of hydrogen-bond acceptors (Lipinski definition) is 6. The van der Waals surface area contributed by atoms with Crippen LogP contribution in [0.25, 0.3) is 0 Å². The molecule has 2 aromatic carbocycles. The van der Waals surface area contributed by atoms with E-state index in [1.807, 2.05) is 30.3 Å². The molecule has 2 N–H and O–H groups in total. The fourth-order valence-corrected chi connectivity index (χ4v) is 2.68. The van der Waals surface area contributed by atoms with E-state index in [0.29, 0.717) is 37.0 Å². The van der Waals surface area contributed by atoms with Gasteiger partial charge in [-0.15, -0.1) is 0 Å². The van der Waals surface area contributed by atoms with Crippen molar-refractivity contribution in [3.63, 3.8) is 0 Å². The van der Waals surface area contributed by atoms with Crippen molar-refractivity contribution in [3.05, 3.63) is 53.6 Å². The van der Waals surface area contributed by atoms with Crippen LogP contribution >= 0.6 is 0 Å². The van der Waals surface area contributed by atoms with Crippen molar-refractivity contribution in [1.82, 2.24) is 5.32 Å². The van der Waals surface area contributed by atoms with E-state index in [2.05, 4.69) is 15.6 Å². The molecule has 2 rings (SSSR count). The second-order valence-corrected chi connectivity index (χ2v) is 6.30. The van der Waals surface area contributed by atoms with Gasteiger partial charge in [-0.1, -0.05) is 12.1 Å². The van der Waals surface area contributed by atoms with E-state index in [4.69, 9.17) is 18.9 Å². The minimum Gasteiger partial charge on any atom is -0.496 e. The van der Waals surface area contributed by atoms with Crippen molar-refractivity contribution in [2.24, 2.45) is 4.99 Å². The molecule has 30 heavy (non-hydrogen) atoms. The van der Waals surface area contributed by atoms with Crippen LogP contribution in [0, 0.1) is 0 Å². The van der Waals surface area contributed by atoms with Crippen LogP contribution in [0.4, 0.5) is 5.69 Å². The van der Waals surface area contributed by atoms with Crippen LogP contribution in [0.1, 0.15) is 22.3 Å². The number of rotatable bonds is 10. The average molecular weight is 415 g/mol. The van der Waals surface area contributed by atoms with Crippen molar-refractivity contribution < 1.29 is 23.7 Å². The Balaban J connectivity index is 1.96. The minimum atomic E-state index is -0.437. The second-order valence-electron chi connectivity index (χ2n) is 6.30. The van der Waals surface area contributed by atoms with Crippen LogP contribution in [-0.2, 0) is 16.0 Å². The molecule has 0 amide bonds. The molecule has 162 valence electrons. The monoisotopic (exact) mass is 415 g/mol. The van der Waals surface area contributed by atoms with Crippen LogP contribution in [0.15, 0.2) is 47.5 Å². The van der Waals surface area contributed by atoms with E-state index in [1.165, 1.54) is 14.2 Å². The van der Waals surface area contributed by atoms with Gasteiger partial charge in [0.05, 0.1) is 20.8 Å². The van der Waals surface area contributed by atoms with Crippen molar-refractivity contribution in [2.45, 2.75) is 13.0 Å². The summed E-state index contributed by atoms with van der Waals surface area (Å²) in [6, 6.07) is 13.0. The lowest BCUT2D eigenvalue weighted by molar-refractivity contribution is 0.0597. The van der Waals surface area contributed by atoms with Crippen molar-refractivity contribution in [2.75, 3.05) is 46.9 Å². The van der Waals surface area contributed by atoms with Crippen LogP contribution < -0.4 is 20.1 Å². The first-order chi connectivity index (χ1) is 14.6. The van der Waals surface area contributed by atoms with E-state index in [1.54, 1.807) is 26.3 Å². The third-order valence-corrected chi connectivity index (χ3v) is 4.21. The van der Waals surface area contributed by atoms with Crippen molar-refractivity contribution >= 4 is 17.6 Å². The Hall–Kier alpha value is -3.26. The van der Waals surface area contributed by atoms with Gasteiger partial charge in [0, 0.05) is 45.5 Å². The lowest BCUT2D eigenvalue weighted by Gasteiger charge is -2.14. The third kappa shape index (κ3) is 6.97. The number of guanidine groups is 1. The Bertz CT molecular complexity index is 854. The SMILES string of the molecule is CN=C(NCc1ccc(C(=O)OC)c(OC)c1)Nc1cccc(OCCCOC)c1. The maximum absolute atomic E-state index is 11.8. The van der Waals surface area contributed by atoms with E-state index in [-0.39, 0.29) is 0 Å². The Morgan fingerprint density at radius 3 is 2.60 bits per heavy atom. The number of nitrogens with zero attached hydrogens (tertiary/aromatic N) is 1. The molecule has 0 aliphatic heterocycles. The number of benzene rings is 2. The predicted octanol–water partition coefficient (Wildman–Crippen LogP) is 3.08. The summed E-state index contributed by atoms with van der Waals surface area (Å²) in [7, 11) is 6.23. The minimum absolute atomic E-state index is 0.383. The number of anilines is 1.